The van der Waals surface area contributed by atoms with Crippen LogP contribution in [0.4, 0.5) is 0 Å². The average molecular weight is 196 g/mol. The Kier molecular flexibility index (Phi) is 2.88. The molecule has 0 aliphatic carbocycles. The summed E-state index contributed by atoms with van der Waals surface area (Å²) in [6.45, 7) is 7.96. The lowest BCUT2D eigenvalue weighted by Gasteiger charge is -2.12. The van der Waals surface area contributed by atoms with Crippen LogP contribution in [0, 0.1) is 0 Å². The van der Waals surface area contributed by atoms with Gasteiger partial charge in [0, 0.05) is 6.04 Å². The molecule has 1 aromatic rings. The molecule has 0 spiro atoms. The minimum Gasteiger partial charge on any atom is -0.364 e. The van der Waals surface area contributed by atoms with Crippen LogP contribution in [0.3, 0.4) is 0 Å². The minimum absolute atomic E-state index is 0.188. The van der Waals surface area contributed by atoms with Crippen LogP contribution >= 0.6 is 0 Å². The molecule has 0 saturated heterocycles. The highest BCUT2D eigenvalue weighted by Gasteiger charge is 2.20. The first kappa shape index (κ1) is 10.7. The Bertz CT molecular complexity index is 341. The van der Waals surface area contributed by atoms with Gasteiger partial charge in [0.25, 0.3) is 5.91 Å². The minimum atomic E-state index is -0.513. The molecule has 5 nitrogen and oxygen atoms in total. The van der Waals surface area contributed by atoms with E-state index < -0.39 is 5.91 Å². The first-order chi connectivity index (χ1) is 6.45. The van der Waals surface area contributed by atoms with E-state index in [1.54, 1.807) is 4.68 Å². The predicted molar refractivity (Wildman–Crippen MR) is 53.0 cm³/mol. The van der Waals surface area contributed by atoms with Gasteiger partial charge < -0.3 is 5.73 Å². The van der Waals surface area contributed by atoms with Crippen LogP contribution in [0.2, 0.25) is 0 Å². The van der Waals surface area contributed by atoms with Gasteiger partial charge in [-0.15, -0.1) is 5.10 Å². The zero-order valence-electron chi connectivity index (χ0n) is 8.98. The second-order valence-electron chi connectivity index (χ2n) is 3.88. The summed E-state index contributed by atoms with van der Waals surface area (Å²) in [5.41, 5.74) is 6.31. The second kappa shape index (κ2) is 3.77. The Morgan fingerprint density at radius 2 is 1.93 bits per heavy atom. The van der Waals surface area contributed by atoms with Crippen LogP contribution in [0.5, 0.6) is 0 Å². The standard InChI is InChI=1S/C9H16N4O/c1-5(2)8-7(9(10)14)11-12-13(8)6(3)4/h5-6H,1-4H3,(H2,10,14). The van der Waals surface area contributed by atoms with E-state index in [1.807, 2.05) is 27.7 Å². The normalized spacial score (nSPS) is 11.3. The summed E-state index contributed by atoms with van der Waals surface area (Å²) >= 11 is 0. The summed E-state index contributed by atoms with van der Waals surface area (Å²) in [5, 5.41) is 7.72. The third-order valence-electron chi connectivity index (χ3n) is 2.00. The van der Waals surface area contributed by atoms with Crippen LogP contribution in [0.15, 0.2) is 0 Å². The highest BCUT2D eigenvalue weighted by Crippen LogP contribution is 2.20. The van der Waals surface area contributed by atoms with E-state index in [-0.39, 0.29) is 17.7 Å². The number of rotatable bonds is 3. The van der Waals surface area contributed by atoms with Gasteiger partial charge >= 0.3 is 0 Å². The summed E-state index contributed by atoms with van der Waals surface area (Å²) < 4.78 is 1.74. The van der Waals surface area contributed by atoms with Gasteiger partial charge in [-0.1, -0.05) is 19.1 Å². The highest BCUT2D eigenvalue weighted by atomic mass is 16.1. The number of primary amides is 1. The van der Waals surface area contributed by atoms with Crippen LogP contribution in [-0.2, 0) is 0 Å². The molecule has 1 aromatic heterocycles. The number of hydrogen-bond acceptors (Lipinski definition) is 3. The molecule has 5 heteroatoms. The van der Waals surface area contributed by atoms with Crippen molar-refractivity contribution >= 4 is 5.91 Å². The van der Waals surface area contributed by atoms with E-state index in [9.17, 15) is 4.79 Å². The van der Waals surface area contributed by atoms with Crippen LogP contribution in [-0.4, -0.2) is 20.9 Å². The molecular weight excluding hydrogens is 180 g/mol. The Labute approximate surface area is 83.3 Å². The molecule has 0 atom stereocenters. The fraction of sp³-hybridized carbons (Fsp3) is 0.667. The number of aromatic nitrogens is 3. The molecule has 0 aliphatic rings. The first-order valence-corrected chi connectivity index (χ1v) is 4.70. The molecule has 1 amide bonds. The highest BCUT2D eigenvalue weighted by molar-refractivity contribution is 5.91. The summed E-state index contributed by atoms with van der Waals surface area (Å²) in [6.07, 6.45) is 0. The topological polar surface area (TPSA) is 73.8 Å². The zero-order valence-corrected chi connectivity index (χ0v) is 8.98. The Balaban J connectivity index is 3.27. The molecule has 0 unspecified atom stereocenters. The number of nitrogens with zero attached hydrogens (tertiary/aromatic N) is 3. The smallest absolute Gasteiger partial charge is 0.271 e. The largest absolute Gasteiger partial charge is 0.364 e. The van der Waals surface area contributed by atoms with Gasteiger partial charge in [-0.25, -0.2) is 4.68 Å². The van der Waals surface area contributed by atoms with E-state index in [2.05, 4.69) is 10.3 Å². The third-order valence-corrected chi connectivity index (χ3v) is 2.00. The quantitative estimate of drug-likeness (QED) is 0.786. The number of amides is 1. The molecule has 14 heavy (non-hydrogen) atoms. The lowest BCUT2D eigenvalue weighted by atomic mass is 10.1. The van der Waals surface area contributed by atoms with Crippen molar-refractivity contribution in [2.24, 2.45) is 5.73 Å². The van der Waals surface area contributed by atoms with E-state index >= 15 is 0 Å². The summed E-state index contributed by atoms with van der Waals surface area (Å²) in [5.74, 6) is -0.324. The van der Waals surface area contributed by atoms with Crippen LogP contribution < -0.4 is 5.73 Å². The zero-order chi connectivity index (χ0) is 10.9. The first-order valence-electron chi connectivity index (χ1n) is 4.70. The molecule has 1 heterocycles. The molecule has 0 saturated carbocycles. The summed E-state index contributed by atoms with van der Waals surface area (Å²) in [6, 6.07) is 0.188. The van der Waals surface area contributed by atoms with Gasteiger partial charge in [-0.05, 0) is 19.8 Å². The van der Waals surface area contributed by atoms with Crippen molar-refractivity contribution in [1.29, 1.82) is 0 Å². The van der Waals surface area contributed by atoms with Crippen LogP contribution in [0.25, 0.3) is 0 Å². The monoisotopic (exact) mass is 196 g/mol. The van der Waals surface area contributed by atoms with E-state index in [0.717, 1.165) is 5.69 Å². The molecule has 0 radical (unpaired) electrons. The fourth-order valence-electron chi connectivity index (χ4n) is 1.40. The predicted octanol–water partition coefficient (Wildman–Crippen LogP) is 1.08. The maximum atomic E-state index is 11.1. The molecule has 0 fully saturated rings. The molecular formula is C9H16N4O. The Morgan fingerprint density at radius 3 is 2.29 bits per heavy atom. The van der Waals surface area contributed by atoms with Gasteiger partial charge in [0.15, 0.2) is 5.69 Å². The fourth-order valence-corrected chi connectivity index (χ4v) is 1.40. The Hall–Kier alpha value is -1.39. The number of nitrogens with two attached hydrogens (primary N) is 1. The van der Waals surface area contributed by atoms with Crippen molar-refractivity contribution in [1.82, 2.24) is 15.0 Å². The summed E-state index contributed by atoms with van der Waals surface area (Å²) in [7, 11) is 0. The third kappa shape index (κ3) is 1.76. The SMILES string of the molecule is CC(C)c1c(C(N)=O)nnn1C(C)C. The molecule has 2 N–H and O–H groups in total. The van der Waals surface area contributed by atoms with Crippen molar-refractivity contribution < 1.29 is 4.79 Å². The molecule has 0 aliphatic heterocycles. The van der Waals surface area contributed by atoms with Crippen molar-refractivity contribution in [3.05, 3.63) is 11.4 Å². The maximum Gasteiger partial charge on any atom is 0.271 e. The molecule has 1 rings (SSSR count). The van der Waals surface area contributed by atoms with Gasteiger partial charge in [0.2, 0.25) is 0 Å². The molecule has 78 valence electrons. The lowest BCUT2D eigenvalue weighted by molar-refractivity contribution is 0.0994. The van der Waals surface area contributed by atoms with Gasteiger partial charge in [-0.2, -0.15) is 0 Å². The molecule has 0 bridgehead atoms. The molecule has 0 aromatic carbocycles. The maximum absolute atomic E-state index is 11.1. The van der Waals surface area contributed by atoms with E-state index in [1.165, 1.54) is 0 Å². The average Bonchev–Trinajstić information content (AvgIpc) is 2.46. The van der Waals surface area contributed by atoms with Crippen molar-refractivity contribution in [3.63, 3.8) is 0 Å². The van der Waals surface area contributed by atoms with E-state index in [0.29, 0.717) is 0 Å². The van der Waals surface area contributed by atoms with Crippen molar-refractivity contribution in [3.8, 4) is 0 Å². The second-order valence-corrected chi connectivity index (χ2v) is 3.88. The van der Waals surface area contributed by atoms with E-state index in [4.69, 9.17) is 5.73 Å². The number of carbonyl (C=O) groups is 1. The van der Waals surface area contributed by atoms with Crippen molar-refractivity contribution in [2.45, 2.75) is 39.7 Å². The number of hydrogen-bond donors (Lipinski definition) is 1. The van der Waals surface area contributed by atoms with Crippen molar-refractivity contribution in [2.75, 3.05) is 0 Å². The van der Waals surface area contributed by atoms with Gasteiger partial charge in [0.1, 0.15) is 0 Å². The number of carbonyl (C=O) groups excluding carboxylic acids is 1. The van der Waals surface area contributed by atoms with Gasteiger partial charge in [0.05, 0.1) is 5.69 Å². The lowest BCUT2D eigenvalue weighted by Crippen LogP contribution is -2.16. The Morgan fingerprint density at radius 1 is 1.36 bits per heavy atom. The van der Waals surface area contributed by atoms with Crippen LogP contribution in [0.1, 0.15) is 55.8 Å². The van der Waals surface area contributed by atoms with Gasteiger partial charge in [-0.3, -0.25) is 4.79 Å². The summed E-state index contributed by atoms with van der Waals surface area (Å²) in [4.78, 5) is 11.1.